The minimum Gasteiger partial charge on any atom is -0.379 e. The van der Waals surface area contributed by atoms with Crippen molar-refractivity contribution in [2.45, 2.75) is 32.3 Å². The summed E-state index contributed by atoms with van der Waals surface area (Å²) in [5.41, 5.74) is 0.945. The van der Waals surface area contributed by atoms with Crippen molar-refractivity contribution in [3.8, 4) is 0 Å². The summed E-state index contributed by atoms with van der Waals surface area (Å²) in [6.45, 7) is 5.82. The summed E-state index contributed by atoms with van der Waals surface area (Å²) in [7, 11) is 0. The Morgan fingerprint density at radius 1 is 1.35 bits per heavy atom. The molecule has 3 rings (SSSR count). The Morgan fingerprint density at radius 2 is 2.04 bits per heavy atom. The van der Waals surface area contributed by atoms with Gasteiger partial charge in [-0.3, -0.25) is 4.79 Å². The van der Waals surface area contributed by atoms with Crippen LogP contribution in [0, 0.1) is 5.41 Å². The first-order chi connectivity index (χ1) is 11.1. The maximum atomic E-state index is 12.6. The van der Waals surface area contributed by atoms with Gasteiger partial charge in [0, 0.05) is 30.3 Å². The third-order valence-corrected chi connectivity index (χ3v) is 5.25. The molecule has 0 saturated carbocycles. The molecule has 1 amide bonds. The van der Waals surface area contributed by atoms with Crippen LogP contribution in [0.25, 0.3) is 0 Å². The van der Waals surface area contributed by atoms with E-state index in [1.165, 1.54) is 0 Å². The number of piperidine rings is 1. The van der Waals surface area contributed by atoms with Crippen LogP contribution in [0.2, 0.25) is 5.02 Å². The quantitative estimate of drug-likeness (QED) is 0.845. The zero-order valence-corrected chi connectivity index (χ0v) is 14.3. The largest absolute Gasteiger partial charge is 0.379 e. The minimum absolute atomic E-state index is 0.0984. The number of nitrogens with zero attached hydrogens (tertiary/aromatic N) is 1. The number of benzene rings is 1. The van der Waals surface area contributed by atoms with Gasteiger partial charge in [-0.25, -0.2) is 0 Å². The van der Waals surface area contributed by atoms with E-state index in [1.54, 1.807) is 24.3 Å². The zero-order valence-electron chi connectivity index (χ0n) is 13.6. The first-order valence-corrected chi connectivity index (χ1v) is 8.74. The van der Waals surface area contributed by atoms with Crippen molar-refractivity contribution in [2.24, 2.45) is 5.41 Å². The van der Waals surface area contributed by atoms with Gasteiger partial charge in [-0.2, -0.15) is 0 Å². The lowest BCUT2D eigenvalue weighted by molar-refractivity contribution is 0.0159. The van der Waals surface area contributed by atoms with E-state index < -0.39 is 0 Å². The van der Waals surface area contributed by atoms with E-state index in [2.05, 4.69) is 0 Å². The number of hydrogen-bond donors (Lipinski definition) is 0. The molecule has 4 nitrogen and oxygen atoms in total. The number of likely N-dealkylation sites (tertiary alicyclic amines) is 1. The number of halogens is 1. The molecule has 0 unspecified atom stereocenters. The SMILES string of the molecule is CCOC[C@H]1CC2(CCN(C(=O)c3ccc(Cl)cc3)CC2)CO1. The highest BCUT2D eigenvalue weighted by Gasteiger charge is 2.43. The van der Waals surface area contributed by atoms with Crippen molar-refractivity contribution in [1.82, 2.24) is 4.90 Å². The van der Waals surface area contributed by atoms with E-state index in [0.717, 1.165) is 45.6 Å². The van der Waals surface area contributed by atoms with Crippen LogP contribution in [-0.4, -0.2) is 49.8 Å². The molecule has 1 atom stereocenters. The lowest BCUT2D eigenvalue weighted by atomic mass is 9.76. The second-order valence-electron chi connectivity index (χ2n) is 6.60. The number of amides is 1. The molecule has 0 aliphatic carbocycles. The van der Waals surface area contributed by atoms with Crippen LogP contribution < -0.4 is 0 Å². The predicted octanol–water partition coefficient (Wildman–Crippen LogP) is 3.39. The highest BCUT2D eigenvalue weighted by atomic mass is 35.5. The lowest BCUT2D eigenvalue weighted by Crippen LogP contribution is -2.43. The molecule has 2 saturated heterocycles. The summed E-state index contributed by atoms with van der Waals surface area (Å²) in [6, 6.07) is 7.13. The van der Waals surface area contributed by atoms with Crippen molar-refractivity contribution in [3.63, 3.8) is 0 Å². The molecule has 2 aliphatic rings. The Kier molecular flexibility index (Phi) is 5.24. The second kappa shape index (κ2) is 7.20. The summed E-state index contributed by atoms with van der Waals surface area (Å²) >= 11 is 5.88. The molecular weight excluding hydrogens is 314 g/mol. The molecule has 0 bridgehead atoms. The third kappa shape index (κ3) is 3.87. The third-order valence-electron chi connectivity index (χ3n) is 5.00. The lowest BCUT2D eigenvalue weighted by Gasteiger charge is -2.38. The Bertz CT molecular complexity index is 538. The first kappa shape index (κ1) is 16.7. The molecule has 1 spiro atoms. The summed E-state index contributed by atoms with van der Waals surface area (Å²) in [5.74, 6) is 0.0984. The summed E-state index contributed by atoms with van der Waals surface area (Å²) < 4.78 is 11.4. The number of rotatable bonds is 4. The van der Waals surface area contributed by atoms with E-state index >= 15 is 0 Å². The average molecular weight is 338 g/mol. The predicted molar refractivity (Wildman–Crippen MR) is 89.9 cm³/mol. The van der Waals surface area contributed by atoms with Gasteiger partial charge in [0.1, 0.15) is 0 Å². The molecule has 0 aromatic heterocycles. The number of hydrogen-bond acceptors (Lipinski definition) is 3. The number of ether oxygens (including phenoxy) is 2. The maximum Gasteiger partial charge on any atom is 0.253 e. The van der Waals surface area contributed by atoms with Crippen LogP contribution in [0.4, 0.5) is 0 Å². The normalized spacial score (nSPS) is 23.4. The number of carbonyl (C=O) groups is 1. The molecule has 2 fully saturated rings. The average Bonchev–Trinajstić information content (AvgIpc) is 2.96. The molecule has 126 valence electrons. The summed E-state index contributed by atoms with van der Waals surface area (Å²) in [4.78, 5) is 14.5. The van der Waals surface area contributed by atoms with Crippen molar-refractivity contribution < 1.29 is 14.3 Å². The zero-order chi connectivity index (χ0) is 16.3. The van der Waals surface area contributed by atoms with Crippen molar-refractivity contribution in [1.29, 1.82) is 0 Å². The highest BCUT2D eigenvalue weighted by molar-refractivity contribution is 6.30. The van der Waals surface area contributed by atoms with Crippen molar-refractivity contribution in [3.05, 3.63) is 34.9 Å². The van der Waals surface area contributed by atoms with Gasteiger partial charge in [0.2, 0.25) is 0 Å². The van der Waals surface area contributed by atoms with Gasteiger partial charge < -0.3 is 14.4 Å². The molecule has 5 heteroatoms. The van der Waals surface area contributed by atoms with Crippen LogP contribution in [0.5, 0.6) is 0 Å². The summed E-state index contributed by atoms with van der Waals surface area (Å²) in [6.07, 6.45) is 3.29. The molecule has 0 N–H and O–H groups in total. The fourth-order valence-electron chi connectivity index (χ4n) is 3.56. The molecule has 1 aromatic carbocycles. The van der Waals surface area contributed by atoms with Gasteiger partial charge in [0.25, 0.3) is 5.91 Å². The minimum atomic E-state index is 0.0984. The van der Waals surface area contributed by atoms with Gasteiger partial charge in [-0.1, -0.05) is 11.6 Å². The Morgan fingerprint density at radius 3 is 2.70 bits per heavy atom. The van der Waals surface area contributed by atoms with Crippen molar-refractivity contribution in [2.75, 3.05) is 32.9 Å². The summed E-state index contributed by atoms with van der Waals surface area (Å²) in [5, 5.41) is 0.655. The molecule has 0 radical (unpaired) electrons. The van der Waals surface area contributed by atoms with Gasteiger partial charge in [-0.15, -0.1) is 0 Å². The standard InChI is InChI=1S/C18H24ClNO3/c1-2-22-12-16-11-18(13-23-16)7-9-20(10-8-18)17(21)14-3-5-15(19)6-4-14/h3-6,16H,2,7-13H2,1H3/t16-/m1/s1. The van der Waals surface area contributed by atoms with Crippen LogP contribution in [0.3, 0.4) is 0 Å². The van der Waals surface area contributed by atoms with E-state index in [1.807, 2.05) is 11.8 Å². The van der Waals surface area contributed by atoms with Crippen LogP contribution >= 0.6 is 11.6 Å². The fraction of sp³-hybridized carbons (Fsp3) is 0.611. The molecular formula is C18H24ClNO3. The molecule has 1 aromatic rings. The van der Waals surface area contributed by atoms with E-state index in [0.29, 0.717) is 17.2 Å². The van der Waals surface area contributed by atoms with E-state index in [9.17, 15) is 4.79 Å². The Labute approximate surface area is 142 Å². The number of carbonyl (C=O) groups excluding carboxylic acids is 1. The Hall–Kier alpha value is -1.10. The maximum absolute atomic E-state index is 12.6. The van der Waals surface area contributed by atoms with Gasteiger partial charge in [-0.05, 0) is 55.9 Å². The molecule has 2 aliphatic heterocycles. The molecule has 2 heterocycles. The smallest absolute Gasteiger partial charge is 0.253 e. The highest BCUT2D eigenvalue weighted by Crippen LogP contribution is 2.42. The fourth-order valence-corrected chi connectivity index (χ4v) is 3.69. The Balaban J connectivity index is 1.54. The first-order valence-electron chi connectivity index (χ1n) is 8.36. The van der Waals surface area contributed by atoms with Crippen LogP contribution in [-0.2, 0) is 9.47 Å². The van der Waals surface area contributed by atoms with Gasteiger partial charge in [0.05, 0.1) is 19.3 Å². The van der Waals surface area contributed by atoms with Crippen LogP contribution in [0.1, 0.15) is 36.5 Å². The monoisotopic (exact) mass is 337 g/mol. The molecule has 23 heavy (non-hydrogen) atoms. The second-order valence-corrected chi connectivity index (χ2v) is 7.03. The van der Waals surface area contributed by atoms with Crippen molar-refractivity contribution >= 4 is 17.5 Å². The topological polar surface area (TPSA) is 38.8 Å². The van der Waals surface area contributed by atoms with Crippen LogP contribution in [0.15, 0.2) is 24.3 Å². The van der Waals surface area contributed by atoms with E-state index in [4.69, 9.17) is 21.1 Å². The van der Waals surface area contributed by atoms with Gasteiger partial charge in [0.15, 0.2) is 0 Å². The van der Waals surface area contributed by atoms with E-state index in [-0.39, 0.29) is 17.4 Å². The van der Waals surface area contributed by atoms with Gasteiger partial charge >= 0.3 is 0 Å².